The standard InChI is InChI=1S/C16H20N2/c1-2-11-18(10-1)12-4-5-14-7-8-16-15(13-14)6-3-9-17-16/h3,6-9,13H,1-2,4-5,10-12H2. The van der Waals surface area contributed by atoms with E-state index in [0.717, 1.165) is 5.52 Å². The van der Waals surface area contributed by atoms with E-state index in [2.05, 4.69) is 34.1 Å². The van der Waals surface area contributed by atoms with Gasteiger partial charge in [0.1, 0.15) is 0 Å². The summed E-state index contributed by atoms with van der Waals surface area (Å²) in [4.78, 5) is 6.94. The molecule has 18 heavy (non-hydrogen) atoms. The van der Waals surface area contributed by atoms with Gasteiger partial charge in [0.05, 0.1) is 5.52 Å². The van der Waals surface area contributed by atoms with Crippen LogP contribution >= 0.6 is 0 Å². The third-order valence-corrected chi connectivity index (χ3v) is 3.81. The summed E-state index contributed by atoms with van der Waals surface area (Å²) in [5.41, 5.74) is 2.54. The molecule has 1 saturated heterocycles. The Hall–Kier alpha value is -1.41. The molecule has 1 fully saturated rings. The van der Waals surface area contributed by atoms with Gasteiger partial charge in [-0.2, -0.15) is 0 Å². The van der Waals surface area contributed by atoms with Crippen LogP contribution in [0.25, 0.3) is 10.9 Å². The summed E-state index contributed by atoms with van der Waals surface area (Å²) in [5, 5.41) is 1.26. The van der Waals surface area contributed by atoms with Crippen molar-refractivity contribution in [3.8, 4) is 0 Å². The van der Waals surface area contributed by atoms with Gasteiger partial charge < -0.3 is 4.90 Å². The molecule has 0 bridgehead atoms. The van der Waals surface area contributed by atoms with Gasteiger partial charge >= 0.3 is 0 Å². The number of aryl methyl sites for hydroxylation is 1. The zero-order valence-corrected chi connectivity index (χ0v) is 10.8. The van der Waals surface area contributed by atoms with E-state index in [4.69, 9.17) is 0 Å². The number of hydrogen-bond donors (Lipinski definition) is 0. The minimum Gasteiger partial charge on any atom is -0.303 e. The van der Waals surface area contributed by atoms with E-state index >= 15 is 0 Å². The van der Waals surface area contributed by atoms with Crippen molar-refractivity contribution in [3.63, 3.8) is 0 Å². The molecule has 1 aliphatic rings. The number of nitrogens with zero attached hydrogens (tertiary/aromatic N) is 2. The number of benzene rings is 1. The van der Waals surface area contributed by atoms with Crippen molar-refractivity contribution in [3.05, 3.63) is 42.1 Å². The molecule has 0 amide bonds. The average Bonchev–Trinajstić information content (AvgIpc) is 2.92. The highest BCUT2D eigenvalue weighted by Gasteiger charge is 2.10. The molecule has 1 aromatic heterocycles. The molecule has 2 nitrogen and oxygen atoms in total. The average molecular weight is 240 g/mol. The smallest absolute Gasteiger partial charge is 0.0702 e. The minimum absolute atomic E-state index is 1.10. The lowest BCUT2D eigenvalue weighted by Crippen LogP contribution is -2.20. The number of hydrogen-bond acceptors (Lipinski definition) is 2. The van der Waals surface area contributed by atoms with Gasteiger partial charge in [-0.25, -0.2) is 0 Å². The highest BCUT2D eigenvalue weighted by Crippen LogP contribution is 2.15. The molecule has 2 heteroatoms. The Morgan fingerprint density at radius 1 is 1.11 bits per heavy atom. The zero-order chi connectivity index (χ0) is 12.2. The fourth-order valence-electron chi connectivity index (χ4n) is 2.79. The lowest BCUT2D eigenvalue weighted by Gasteiger charge is -2.14. The molecule has 0 radical (unpaired) electrons. The van der Waals surface area contributed by atoms with Crippen molar-refractivity contribution < 1.29 is 0 Å². The van der Waals surface area contributed by atoms with Crippen LogP contribution in [0.4, 0.5) is 0 Å². The largest absolute Gasteiger partial charge is 0.303 e. The molecule has 0 atom stereocenters. The van der Waals surface area contributed by atoms with Gasteiger partial charge in [0.15, 0.2) is 0 Å². The molecule has 0 aliphatic carbocycles. The van der Waals surface area contributed by atoms with E-state index in [-0.39, 0.29) is 0 Å². The number of aromatic nitrogens is 1. The van der Waals surface area contributed by atoms with Crippen LogP contribution in [0, 0.1) is 0 Å². The van der Waals surface area contributed by atoms with E-state index in [0.29, 0.717) is 0 Å². The summed E-state index contributed by atoms with van der Waals surface area (Å²) in [6.07, 6.45) is 7.09. The Balaban J connectivity index is 1.60. The van der Waals surface area contributed by atoms with Crippen LogP contribution in [0.2, 0.25) is 0 Å². The molecular formula is C16H20N2. The van der Waals surface area contributed by atoms with Crippen LogP contribution in [0.3, 0.4) is 0 Å². The maximum Gasteiger partial charge on any atom is 0.0702 e. The van der Waals surface area contributed by atoms with Gasteiger partial charge in [-0.05, 0) is 69.1 Å². The third-order valence-electron chi connectivity index (χ3n) is 3.81. The van der Waals surface area contributed by atoms with Gasteiger partial charge in [0.25, 0.3) is 0 Å². The van der Waals surface area contributed by atoms with Crippen LogP contribution in [0.15, 0.2) is 36.5 Å². The quantitative estimate of drug-likeness (QED) is 0.815. The van der Waals surface area contributed by atoms with Crippen molar-refractivity contribution in [1.82, 2.24) is 9.88 Å². The fourth-order valence-corrected chi connectivity index (χ4v) is 2.79. The number of pyridine rings is 1. The minimum atomic E-state index is 1.10. The molecule has 0 N–H and O–H groups in total. The number of rotatable bonds is 4. The van der Waals surface area contributed by atoms with Crippen LogP contribution < -0.4 is 0 Å². The summed E-state index contributed by atoms with van der Waals surface area (Å²) in [7, 11) is 0. The molecule has 1 aromatic carbocycles. The zero-order valence-electron chi connectivity index (χ0n) is 10.8. The highest BCUT2D eigenvalue weighted by molar-refractivity contribution is 5.78. The van der Waals surface area contributed by atoms with Crippen molar-refractivity contribution in [2.24, 2.45) is 0 Å². The second-order valence-electron chi connectivity index (χ2n) is 5.18. The normalized spacial score (nSPS) is 16.4. The first kappa shape index (κ1) is 11.7. The van der Waals surface area contributed by atoms with Crippen LogP contribution in [0.5, 0.6) is 0 Å². The molecule has 94 valence electrons. The summed E-state index contributed by atoms with van der Waals surface area (Å²) < 4.78 is 0. The summed E-state index contributed by atoms with van der Waals surface area (Å²) >= 11 is 0. The maximum atomic E-state index is 4.36. The van der Waals surface area contributed by atoms with Crippen molar-refractivity contribution in [2.45, 2.75) is 25.7 Å². The predicted octanol–water partition coefficient (Wildman–Crippen LogP) is 3.26. The Kier molecular flexibility index (Phi) is 3.56. The monoisotopic (exact) mass is 240 g/mol. The van der Waals surface area contributed by atoms with Gasteiger partial charge in [-0.3, -0.25) is 4.98 Å². The summed E-state index contributed by atoms with van der Waals surface area (Å²) in [6, 6.07) is 10.8. The second-order valence-corrected chi connectivity index (χ2v) is 5.18. The molecule has 0 saturated carbocycles. The summed E-state index contributed by atoms with van der Waals surface area (Å²) in [5.74, 6) is 0. The van der Waals surface area contributed by atoms with Crippen LogP contribution in [-0.2, 0) is 6.42 Å². The Bertz CT molecular complexity index is 515. The van der Waals surface area contributed by atoms with Crippen LogP contribution in [-0.4, -0.2) is 29.5 Å². The molecule has 2 heterocycles. The lowest BCUT2D eigenvalue weighted by molar-refractivity contribution is 0.334. The number of likely N-dealkylation sites (tertiary alicyclic amines) is 1. The molecular weight excluding hydrogens is 220 g/mol. The third kappa shape index (κ3) is 2.70. The van der Waals surface area contributed by atoms with Crippen molar-refractivity contribution >= 4 is 10.9 Å². The predicted molar refractivity (Wildman–Crippen MR) is 75.7 cm³/mol. The van der Waals surface area contributed by atoms with Gasteiger partial charge in [-0.1, -0.05) is 12.1 Å². The van der Waals surface area contributed by atoms with E-state index in [9.17, 15) is 0 Å². The first-order valence-corrected chi connectivity index (χ1v) is 6.98. The molecule has 0 unspecified atom stereocenters. The first-order chi connectivity index (χ1) is 8.92. The molecule has 0 spiro atoms. The maximum absolute atomic E-state index is 4.36. The SMILES string of the molecule is c1cnc2ccc(CCCN3CCCC3)cc2c1. The molecule has 2 aromatic rings. The Labute approximate surface area is 109 Å². The summed E-state index contributed by atoms with van der Waals surface area (Å²) in [6.45, 7) is 3.87. The fraction of sp³-hybridized carbons (Fsp3) is 0.438. The number of fused-ring (bicyclic) bond motifs is 1. The lowest BCUT2D eigenvalue weighted by atomic mass is 10.1. The van der Waals surface area contributed by atoms with E-state index < -0.39 is 0 Å². The Morgan fingerprint density at radius 2 is 2.00 bits per heavy atom. The first-order valence-electron chi connectivity index (χ1n) is 6.98. The van der Waals surface area contributed by atoms with Crippen molar-refractivity contribution in [2.75, 3.05) is 19.6 Å². The van der Waals surface area contributed by atoms with Gasteiger partial charge in [-0.15, -0.1) is 0 Å². The molecule has 3 rings (SSSR count). The van der Waals surface area contributed by atoms with E-state index in [1.54, 1.807) is 0 Å². The Morgan fingerprint density at radius 3 is 2.89 bits per heavy atom. The highest BCUT2D eigenvalue weighted by atomic mass is 15.1. The van der Waals surface area contributed by atoms with Gasteiger partial charge in [0.2, 0.25) is 0 Å². The van der Waals surface area contributed by atoms with Crippen molar-refractivity contribution in [1.29, 1.82) is 0 Å². The van der Waals surface area contributed by atoms with E-state index in [1.165, 1.54) is 56.3 Å². The second kappa shape index (κ2) is 5.49. The van der Waals surface area contributed by atoms with E-state index in [1.807, 2.05) is 12.3 Å². The van der Waals surface area contributed by atoms with Crippen LogP contribution in [0.1, 0.15) is 24.8 Å². The molecule has 1 aliphatic heterocycles. The van der Waals surface area contributed by atoms with Gasteiger partial charge in [0, 0.05) is 11.6 Å². The topological polar surface area (TPSA) is 16.1 Å².